The Morgan fingerprint density at radius 1 is 0.974 bits per heavy atom. The van der Waals surface area contributed by atoms with Gasteiger partial charge in [-0.2, -0.15) is 11.8 Å². The molecule has 7 nitrogen and oxygen atoms in total. The van der Waals surface area contributed by atoms with Gasteiger partial charge in [0, 0.05) is 12.2 Å². The van der Waals surface area contributed by atoms with Crippen LogP contribution in [-0.2, 0) is 14.3 Å². The van der Waals surface area contributed by atoms with Crippen molar-refractivity contribution in [3.05, 3.63) is 64.7 Å². The number of hydrogen-bond donors (Lipinski definition) is 2. The van der Waals surface area contributed by atoms with Crippen molar-refractivity contribution >= 4 is 35.4 Å². The van der Waals surface area contributed by atoms with Gasteiger partial charge < -0.3 is 20.3 Å². The van der Waals surface area contributed by atoms with Crippen LogP contribution in [0.1, 0.15) is 68.8 Å². The molecule has 2 rings (SSSR count). The van der Waals surface area contributed by atoms with E-state index >= 15 is 0 Å². The van der Waals surface area contributed by atoms with Gasteiger partial charge in [-0.05, 0) is 88.6 Å². The number of benzene rings is 2. The maximum atomic E-state index is 14.1. The highest BCUT2D eigenvalue weighted by Crippen LogP contribution is 2.29. The van der Waals surface area contributed by atoms with Crippen molar-refractivity contribution in [1.29, 1.82) is 0 Å². The van der Waals surface area contributed by atoms with E-state index in [-0.39, 0.29) is 11.8 Å². The molecule has 2 atom stereocenters. The first-order valence-electron chi connectivity index (χ1n) is 13.1. The first-order valence-corrected chi connectivity index (χ1v) is 14.5. The average molecular weight is 542 g/mol. The zero-order valence-electron chi connectivity index (χ0n) is 24.0. The molecule has 0 fully saturated rings. The molecule has 0 aliphatic heterocycles. The van der Waals surface area contributed by atoms with Crippen LogP contribution in [-0.4, -0.2) is 53.0 Å². The lowest BCUT2D eigenvalue weighted by atomic mass is 9.97. The molecule has 0 bridgehead atoms. The first kappa shape index (κ1) is 31.2. The topological polar surface area (TPSA) is 87.7 Å². The van der Waals surface area contributed by atoms with Crippen molar-refractivity contribution in [2.24, 2.45) is 0 Å². The zero-order chi connectivity index (χ0) is 28.5. The highest BCUT2D eigenvalue weighted by atomic mass is 32.2. The monoisotopic (exact) mass is 541 g/mol. The normalized spacial score (nSPS) is 12.8. The fraction of sp³-hybridized carbons (Fsp3) is 0.500. The summed E-state index contributed by atoms with van der Waals surface area (Å²) in [6.07, 6.45) is 2.36. The SMILES string of the molecule is CCCN(C(=O)C(CCSC)NC(=O)OC(C)(C)C)C(C(=O)Nc1c(C)cccc1C)c1ccccc1C. The van der Waals surface area contributed by atoms with E-state index in [9.17, 15) is 14.4 Å². The Morgan fingerprint density at radius 2 is 1.58 bits per heavy atom. The van der Waals surface area contributed by atoms with Crippen LogP contribution in [0.3, 0.4) is 0 Å². The van der Waals surface area contributed by atoms with Crippen LogP contribution in [0.25, 0.3) is 0 Å². The summed E-state index contributed by atoms with van der Waals surface area (Å²) in [5.74, 6) is 0.0616. The molecule has 0 saturated carbocycles. The summed E-state index contributed by atoms with van der Waals surface area (Å²) < 4.78 is 5.45. The second-order valence-electron chi connectivity index (χ2n) is 10.5. The quantitative estimate of drug-likeness (QED) is 0.355. The van der Waals surface area contributed by atoms with Crippen LogP contribution in [0.2, 0.25) is 0 Å². The van der Waals surface area contributed by atoms with Crippen molar-refractivity contribution in [1.82, 2.24) is 10.2 Å². The molecule has 3 amide bonds. The highest BCUT2D eigenvalue weighted by Gasteiger charge is 2.36. The summed E-state index contributed by atoms with van der Waals surface area (Å²) in [6.45, 7) is 13.5. The average Bonchev–Trinajstić information content (AvgIpc) is 2.83. The number of nitrogens with one attached hydrogen (secondary N) is 2. The second-order valence-corrected chi connectivity index (χ2v) is 11.5. The van der Waals surface area contributed by atoms with Gasteiger partial charge in [-0.15, -0.1) is 0 Å². The summed E-state index contributed by atoms with van der Waals surface area (Å²) in [4.78, 5) is 42.4. The van der Waals surface area contributed by atoms with E-state index in [2.05, 4.69) is 10.6 Å². The van der Waals surface area contributed by atoms with E-state index in [1.807, 2.05) is 76.4 Å². The number of carbonyl (C=O) groups is 3. The Labute approximate surface area is 232 Å². The van der Waals surface area contributed by atoms with Crippen molar-refractivity contribution in [2.75, 3.05) is 23.9 Å². The van der Waals surface area contributed by atoms with Crippen LogP contribution in [0.5, 0.6) is 0 Å². The molecule has 0 aliphatic rings. The Hall–Kier alpha value is -3.00. The minimum absolute atomic E-state index is 0.292. The lowest BCUT2D eigenvalue weighted by Crippen LogP contribution is -2.53. The lowest BCUT2D eigenvalue weighted by Gasteiger charge is -2.35. The van der Waals surface area contributed by atoms with Crippen molar-refractivity contribution in [3.8, 4) is 0 Å². The molecule has 0 heterocycles. The number of aryl methyl sites for hydroxylation is 3. The Morgan fingerprint density at radius 3 is 2.13 bits per heavy atom. The number of nitrogens with zero attached hydrogens (tertiary/aromatic N) is 1. The minimum atomic E-state index is -0.875. The predicted molar refractivity (Wildman–Crippen MR) is 157 cm³/mol. The molecule has 0 radical (unpaired) electrons. The van der Waals surface area contributed by atoms with Crippen molar-refractivity contribution in [3.63, 3.8) is 0 Å². The van der Waals surface area contributed by atoms with Crippen molar-refractivity contribution in [2.45, 2.75) is 79.0 Å². The number of ether oxygens (including phenoxy) is 1. The van der Waals surface area contributed by atoms with Gasteiger partial charge in [0.25, 0.3) is 5.91 Å². The van der Waals surface area contributed by atoms with Crippen molar-refractivity contribution < 1.29 is 19.1 Å². The van der Waals surface area contributed by atoms with Gasteiger partial charge in [0.1, 0.15) is 17.7 Å². The number of anilines is 1. The molecule has 0 spiro atoms. The number of rotatable bonds is 11. The standard InChI is InChI=1S/C30H43N3O4S/c1-9-18-33(28(35)24(17-19-38-8)31-29(36)37-30(5,6)7)26(23-16-11-10-13-20(23)2)27(34)32-25-21(3)14-12-15-22(25)4/h10-16,24,26H,9,17-19H2,1-8H3,(H,31,36)(H,32,34). The lowest BCUT2D eigenvalue weighted by molar-refractivity contribution is -0.140. The van der Waals surface area contributed by atoms with Crippen LogP contribution in [0.4, 0.5) is 10.5 Å². The van der Waals surface area contributed by atoms with Gasteiger partial charge in [-0.1, -0.05) is 49.4 Å². The maximum absolute atomic E-state index is 14.1. The summed E-state index contributed by atoms with van der Waals surface area (Å²) in [6, 6.07) is 11.8. The smallest absolute Gasteiger partial charge is 0.408 e. The molecular formula is C30H43N3O4S. The molecule has 8 heteroatoms. The summed E-state index contributed by atoms with van der Waals surface area (Å²) in [7, 11) is 0. The van der Waals surface area contributed by atoms with E-state index < -0.39 is 23.8 Å². The number of amides is 3. The van der Waals surface area contributed by atoms with Gasteiger partial charge in [0.15, 0.2) is 0 Å². The van der Waals surface area contributed by atoms with E-state index in [1.54, 1.807) is 37.4 Å². The minimum Gasteiger partial charge on any atom is -0.444 e. The molecule has 208 valence electrons. The largest absolute Gasteiger partial charge is 0.444 e. The Kier molecular flexibility index (Phi) is 11.7. The fourth-order valence-corrected chi connectivity index (χ4v) is 4.77. The van der Waals surface area contributed by atoms with Gasteiger partial charge in [0.05, 0.1) is 0 Å². The number of para-hydroxylation sites is 1. The van der Waals surface area contributed by atoms with E-state index in [1.165, 1.54) is 0 Å². The van der Waals surface area contributed by atoms with E-state index in [4.69, 9.17) is 4.74 Å². The summed E-state index contributed by atoms with van der Waals surface area (Å²) in [5.41, 5.74) is 3.59. The first-order chi connectivity index (χ1) is 17.9. The van der Waals surface area contributed by atoms with Crippen LogP contribution in [0.15, 0.2) is 42.5 Å². The van der Waals surface area contributed by atoms with Crippen LogP contribution in [0, 0.1) is 20.8 Å². The van der Waals surface area contributed by atoms with Gasteiger partial charge in [-0.25, -0.2) is 4.79 Å². The molecule has 2 aromatic carbocycles. The third-order valence-corrected chi connectivity index (χ3v) is 6.76. The third kappa shape index (κ3) is 8.79. The predicted octanol–water partition coefficient (Wildman–Crippen LogP) is 6.18. The maximum Gasteiger partial charge on any atom is 0.408 e. The number of carbonyl (C=O) groups excluding carboxylic acids is 3. The Bertz CT molecular complexity index is 1090. The fourth-order valence-electron chi connectivity index (χ4n) is 4.30. The van der Waals surface area contributed by atoms with E-state index in [0.29, 0.717) is 25.1 Å². The number of alkyl carbamates (subject to hydrolysis) is 1. The molecule has 0 aliphatic carbocycles. The van der Waals surface area contributed by atoms with Crippen LogP contribution < -0.4 is 10.6 Å². The summed E-state index contributed by atoms with van der Waals surface area (Å²) >= 11 is 1.59. The van der Waals surface area contributed by atoms with Gasteiger partial charge >= 0.3 is 6.09 Å². The third-order valence-electron chi connectivity index (χ3n) is 6.12. The summed E-state index contributed by atoms with van der Waals surface area (Å²) in [5, 5.41) is 5.88. The second kappa shape index (κ2) is 14.2. The zero-order valence-corrected chi connectivity index (χ0v) is 24.8. The molecular weight excluding hydrogens is 498 g/mol. The molecule has 2 unspecified atom stereocenters. The number of thioether (sulfide) groups is 1. The molecule has 0 saturated heterocycles. The van der Waals surface area contributed by atoms with Gasteiger partial charge in [0.2, 0.25) is 5.91 Å². The van der Waals surface area contributed by atoms with E-state index in [0.717, 1.165) is 27.9 Å². The molecule has 0 aromatic heterocycles. The van der Waals surface area contributed by atoms with Crippen LogP contribution >= 0.6 is 11.8 Å². The highest BCUT2D eigenvalue weighted by molar-refractivity contribution is 7.98. The Balaban J connectivity index is 2.53. The molecule has 2 N–H and O–H groups in total. The van der Waals surface area contributed by atoms with Gasteiger partial charge in [-0.3, -0.25) is 9.59 Å². The molecule has 2 aromatic rings. The number of hydrogen-bond acceptors (Lipinski definition) is 5. The molecule has 38 heavy (non-hydrogen) atoms.